The molecule has 0 radical (unpaired) electrons. The molecule has 0 N–H and O–H groups in total. The summed E-state index contributed by atoms with van der Waals surface area (Å²) in [6, 6.07) is 16.7. The van der Waals surface area contributed by atoms with E-state index in [1.54, 1.807) is 0 Å². The smallest absolute Gasteiger partial charge is 0.243 e. The van der Waals surface area contributed by atoms with Crippen LogP contribution in [0.25, 0.3) is 22.4 Å². The first-order valence-electron chi connectivity index (χ1n) is 12.2. The van der Waals surface area contributed by atoms with E-state index in [4.69, 9.17) is 16.6 Å². The highest BCUT2D eigenvalue weighted by molar-refractivity contribution is 6.30. The van der Waals surface area contributed by atoms with Crippen molar-refractivity contribution in [2.45, 2.75) is 82.8 Å². The van der Waals surface area contributed by atoms with Crippen LogP contribution in [0, 0.1) is 0 Å². The van der Waals surface area contributed by atoms with Gasteiger partial charge in [-0.1, -0.05) is 62.3 Å². The number of nitrogens with zero attached hydrogens (tertiary/aromatic N) is 3. The number of imidazole rings is 1. The highest BCUT2D eigenvalue weighted by Gasteiger charge is 2.33. The molecule has 168 valence electrons. The molecule has 1 heterocycles. The second-order valence-electron chi connectivity index (χ2n) is 9.40. The normalized spacial score (nSPS) is 18.2. The Morgan fingerprint density at radius 2 is 1.47 bits per heavy atom. The van der Waals surface area contributed by atoms with Gasteiger partial charge in [0.05, 0.1) is 11.0 Å². The van der Waals surface area contributed by atoms with E-state index in [1.165, 1.54) is 38.5 Å². The van der Waals surface area contributed by atoms with Gasteiger partial charge in [-0.3, -0.25) is 4.79 Å². The number of fused-ring (bicyclic) bond motifs is 1. The van der Waals surface area contributed by atoms with Crippen LogP contribution in [0.5, 0.6) is 0 Å². The van der Waals surface area contributed by atoms with Gasteiger partial charge in [0.15, 0.2) is 0 Å². The summed E-state index contributed by atoms with van der Waals surface area (Å²) in [5.41, 5.74) is 2.92. The van der Waals surface area contributed by atoms with Gasteiger partial charge in [-0.2, -0.15) is 0 Å². The molecular formula is C27H32ClN3O. The molecule has 0 aliphatic heterocycles. The number of benzene rings is 2. The first-order chi connectivity index (χ1) is 15.7. The zero-order chi connectivity index (χ0) is 21.9. The van der Waals surface area contributed by atoms with Crippen molar-refractivity contribution in [3.8, 4) is 11.4 Å². The minimum absolute atomic E-state index is 0.252. The first kappa shape index (κ1) is 21.5. The third kappa shape index (κ3) is 4.43. The van der Waals surface area contributed by atoms with Gasteiger partial charge in [0.25, 0.3) is 0 Å². The molecular weight excluding hydrogens is 418 g/mol. The van der Waals surface area contributed by atoms with Crippen LogP contribution in [-0.4, -0.2) is 32.4 Å². The molecule has 5 rings (SSSR count). The van der Waals surface area contributed by atoms with Gasteiger partial charge in [-0.05, 0) is 62.1 Å². The summed E-state index contributed by atoms with van der Waals surface area (Å²) in [5.74, 6) is 1.09. The maximum atomic E-state index is 13.9. The summed E-state index contributed by atoms with van der Waals surface area (Å²) in [6.07, 6.45) is 12.2. The molecule has 2 aliphatic rings. The summed E-state index contributed by atoms with van der Waals surface area (Å²) in [6.45, 7) is 0.339. The number of halogens is 1. The summed E-state index contributed by atoms with van der Waals surface area (Å²) >= 11 is 6.13. The van der Waals surface area contributed by atoms with Gasteiger partial charge in [0.1, 0.15) is 12.4 Å². The van der Waals surface area contributed by atoms with Crippen LogP contribution >= 0.6 is 11.6 Å². The standard InChI is InChI=1S/C27H32ClN3O/c28-21-17-15-20(16-18-21)27-29-24-13-7-8-14-25(24)30(27)19-26(32)31(22-9-3-1-4-10-22)23-11-5-2-6-12-23/h7-8,13-18,22-23H,1-6,9-12,19H2. The molecule has 0 unspecified atom stereocenters. The Bertz CT molecular complexity index is 1040. The lowest BCUT2D eigenvalue weighted by molar-refractivity contribution is -0.138. The number of amides is 1. The van der Waals surface area contributed by atoms with E-state index in [0.717, 1.165) is 48.1 Å². The summed E-state index contributed by atoms with van der Waals surface area (Å²) in [5, 5.41) is 0.702. The molecule has 0 spiro atoms. The van der Waals surface area contributed by atoms with Crippen LogP contribution in [-0.2, 0) is 11.3 Å². The predicted molar refractivity (Wildman–Crippen MR) is 131 cm³/mol. The highest BCUT2D eigenvalue weighted by atomic mass is 35.5. The van der Waals surface area contributed by atoms with Crippen LogP contribution in [0.4, 0.5) is 0 Å². The second-order valence-corrected chi connectivity index (χ2v) is 9.84. The third-order valence-electron chi connectivity index (χ3n) is 7.27. The first-order valence-corrected chi connectivity index (χ1v) is 12.6. The molecule has 4 nitrogen and oxygen atoms in total. The summed E-state index contributed by atoms with van der Waals surface area (Å²) < 4.78 is 2.11. The Hall–Kier alpha value is -2.33. The topological polar surface area (TPSA) is 38.1 Å². The van der Waals surface area contributed by atoms with Crippen LogP contribution in [0.3, 0.4) is 0 Å². The number of hydrogen-bond acceptors (Lipinski definition) is 2. The number of carbonyl (C=O) groups excluding carboxylic acids is 1. The molecule has 2 saturated carbocycles. The fourth-order valence-corrected chi connectivity index (χ4v) is 5.82. The lowest BCUT2D eigenvalue weighted by Gasteiger charge is -2.42. The third-order valence-corrected chi connectivity index (χ3v) is 7.53. The largest absolute Gasteiger partial charge is 0.335 e. The fourth-order valence-electron chi connectivity index (χ4n) is 5.70. The molecule has 0 bridgehead atoms. The van der Waals surface area contributed by atoms with Crippen molar-refractivity contribution in [2.75, 3.05) is 0 Å². The van der Waals surface area contributed by atoms with Gasteiger partial charge >= 0.3 is 0 Å². The van der Waals surface area contributed by atoms with E-state index < -0.39 is 0 Å². The van der Waals surface area contributed by atoms with E-state index in [1.807, 2.05) is 42.5 Å². The molecule has 0 saturated heterocycles. The Kier molecular flexibility index (Phi) is 6.49. The van der Waals surface area contributed by atoms with Crippen LogP contribution in [0.1, 0.15) is 64.2 Å². The van der Waals surface area contributed by atoms with Crippen molar-refractivity contribution < 1.29 is 4.79 Å². The van der Waals surface area contributed by atoms with Crippen molar-refractivity contribution in [1.29, 1.82) is 0 Å². The second kappa shape index (κ2) is 9.66. The van der Waals surface area contributed by atoms with Gasteiger partial charge < -0.3 is 9.47 Å². The Morgan fingerprint density at radius 1 is 0.875 bits per heavy atom. The Balaban J connectivity index is 1.50. The number of aromatic nitrogens is 2. The lowest BCUT2D eigenvalue weighted by Crippen LogP contribution is -2.50. The van der Waals surface area contributed by atoms with Crippen LogP contribution in [0.15, 0.2) is 48.5 Å². The zero-order valence-corrected chi connectivity index (χ0v) is 19.4. The van der Waals surface area contributed by atoms with E-state index in [2.05, 4.69) is 15.5 Å². The molecule has 2 fully saturated rings. The molecule has 0 atom stereocenters. The Morgan fingerprint density at radius 3 is 2.09 bits per heavy atom. The monoisotopic (exact) mass is 449 g/mol. The molecule has 5 heteroatoms. The molecule has 1 aromatic heterocycles. The fraction of sp³-hybridized carbons (Fsp3) is 0.481. The van der Waals surface area contributed by atoms with Crippen LogP contribution in [0.2, 0.25) is 5.02 Å². The molecule has 32 heavy (non-hydrogen) atoms. The van der Waals surface area contributed by atoms with Crippen molar-refractivity contribution in [2.24, 2.45) is 0 Å². The lowest BCUT2D eigenvalue weighted by atomic mass is 9.88. The van der Waals surface area contributed by atoms with Crippen molar-refractivity contribution in [1.82, 2.24) is 14.5 Å². The zero-order valence-electron chi connectivity index (χ0n) is 18.7. The minimum Gasteiger partial charge on any atom is -0.335 e. The van der Waals surface area contributed by atoms with Gasteiger partial charge in [-0.15, -0.1) is 0 Å². The number of para-hydroxylation sites is 2. The maximum Gasteiger partial charge on any atom is 0.243 e. The summed E-state index contributed by atoms with van der Waals surface area (Å²) in [7, 11) is 0. The molecule has 3 aromatic rings. The SMILES string of the molecule is O=C(Cn1c(-c2ccc(Cl)cc2)nc2ccccc21)N(C1CCCCC1)C1CCCCC1. The van der Waals surface area contributed by atoms with E-state index in [-0.39, 0.29) is 5.91 Å². The van der Waals surface area contributed by atoms with Gasteiger partial charge in [-0.25, -0.2) is 4.98 Å². The van der Waals surface area contributed by atoms with Crippen LogP contribution < -0.4 is 0 Å². The molecule has 2 aromatic carbocycles. The average Bonchev–Trinajstić information content (AvgIpc) is 3.19. The summed E-state index contributed by atoms with van der Waals surface area (Å²) in [4.78, 5) is 21.2. The van der Waals surface area contributed by atoms with Crippen molar-refractivity contribution in [3.63, 3.8) is 0 Å². The number of hydrogen-bond donors (Lipinski definition) is 0. The van der Waals surface area contributed by atoms with Crippen molar-refractivity contribution >= 4 is 28.5 Å². The van der Waals surface area contributed by atoms with Crippen molar-refractivity contribution in [3.05, 3.63) is 53.6 Å². The quantitative estimate of drug-likeness (QED) is 0.427. The van der Waals surface area contributed by atoms with Gasteiger partial charge in [0.2, 0.25) is 5.91 Å². The maximum absolute atomic E-state index is 13.9. The Labute approximate surface area is 195 Å². The van der Waals surface area contributed by atoms with E-state index in [9.17, 15) is 4.79 Å². The highest BCUT2D eigenvalue weighted by Crippen LogP contribution is 2.32. The molecule has 2 aliphatic carbocycles. The predicted octanol–water partition coefficient (Wildman–Crippen LogP) is 6.85. The minimum atomic E-state index is 0.252. The molecule has 1 amide bonds. The number of carbonyl (C=O) groups is 1. The number of rotatable bonds is 5. The van der Waals surface area contributed by atoms with E-state index in [0.29, 0.717) is 23.7 Å². The van der Waals surface area contributed by atoms with Gasteiger partial charge in [0, 0.05) is 22.7 Å². The van der Waals surface area contributed by atoms with E-state index >= 15 is 0 Å². The average molecular weight is 450 g/mol.